The number of allylic oxidation sites excluding steroid dienone is 1. The Labute approximate surface area is 184 Å². The van der Waals surface area contributed by atoms with Crippen molar-refractivity contribution in [1.82, 2.24) is 14.6 Å². The van der Waals surface area contributed by atoms with Gasteiger partial charge in [-0.1, -0.05) is 36.4 Å². The Bertz CT molecular complexity index is 965. The lowest BCUT2D eigenvalue weighted by atomic mass is 10.1. The summed E-state index contributed by atoms with van der Waals surface area (Å²) >= 11 is 0. The van der Waals surface area contributed by atoms with E-state index in [0.717, 1.165) is 18.4 Å². The molecule has 0 bridgehead atoms. The minimum absolute atomic E-state index is 0.0989. The van der Waals surface area contributed by atoms with Crippen molar-refractivity contribution in [2.24, 2.45) is 0 Å². The van der Waals surface area contributed by atoms with Gasteiger partial charge < -0.3 is 4.74 Å². The zero-order chi connectivity index (χ0) is 22.1. The average Bonchev–Trinajstić information content (AvgIpc) is 3.14. The number of rotatable bonds is 10. The number of likely N-dealkylation sites (tertiary alicyclic amines) is 1. The van der Waals surface area contributed by atoms with E-state index < -0.39 is 10.0 Å². The molecule has 0 aliphatic carbocycles. The molecule has 1 aliphatic rings. The standard InChI is InChI=1S/C23H29N3O4S/c1-30-23(27)13-7-2-4-10-21-15-20(18-26(21)17-19-9-8-14-24-16-19)25-31(28,29)22-11-5-3-6-12-22/h3-6,8-12,14,16,20-21,25H,2,7,13,15,17-18H2,1H3/t20-,21-/m1/s1. The molecule has 0 spiro atoms. The van der Waals surface area contributed by atoms with E-state index in [4.69, 9.17) is 0 Å². The Kier molecular flexibility index (Phi) is 8.34. The molecule has 7 nitrogen and oxygen atoms in total. The Hall–Kier alpha value is -2.55. The zero-order valence-electron chi connectivity index (χ0n) is 17.7. The maximum absolute atomic E-state index is 12.7. The second-order valence-electron chi connectivity index (χ2n) is 7.62. The number of benzene rings is 1. The van der Waals surface area contributed by atoms with Gasteiger partial charge in [0.25, 0.3) is 0 Å². The zero-order valence-corrected chi connectivity index (χ0v) is 18.5. The summed E-state index contributed by atoms with van der Waals surface area (Å²) in [6.45, 7) is 1.30. The van der Waals surface area contributed by atoms with Crippen LogP contribution in [-0.4, -0.2) is 50.0 Å². The van der Waals surface area contributed by atoms with Crippen molar-refractivity contribution in [3.8, 4) is 0 Å². The van der Waals surface area contributed by atoms with Crippen LogP contribution in [-0.2, 0) is 26.1 Å². The van der Waals surface area contributed by atoms with Gasteiger partial charge in [-0.3, -0.25) is 14.7 Å². The van der Waals surface area contributed by atoms with E-state index in [9.17, 15) is 13.2 Å². The van der Waals surface area contributed by atoms with Crippen molar-refractivity contribution in [3.05, 3.63) is 72.6 Å². The molecule has 1 aliphatic heterocycles. The van der Waals surface area contributed by atoms with Gasteiger partial charge in [0, 0.05) is 44.0 Å². The van der Waals surface area contributed by atoms with Crippen LogP contribution in [0.25, 0.3) is 0 Å². The maximum Gasteiger partial charge on any atom is 0.305 e. The van der Waals surface area contributed by atoms with E-state index in [-0.39, 0.29) is 22.9 Å². The first-order valence-electron chi connectivity index (χ1n) is 10.4. The fraction of sp³-hybridized carbons (Fsp3) is 0.391. The lowest BCUT2D eigenvalue weighted by Gasteiger charge is -2.21. The van der Waals surface area contributed by atoms with Crippen LogP contribution in [0.1, 0.15) is 31.2 Å². The van der Waals surface area contributed by atoms with Gasteiger partial charge in [-0.2, -0.15) is 0 Å². The second-order valence-corrected chi connectivity index (χ2v) is 9.34. The van der Waals surface area contributed by atoms with Gasteiger partial charge in [0.1, 0.15) is 0 Å². The van der Waals surface area contributed by atoms with Gasteiger partial charge in [-0.25, -0.2) is 13.1 Å². The van der Waals surface area contributed by atoms with E-state index in [1.54, 1.807) is 36.5 Å². The highest BCUT2D eigenvalue weighted by Crippen LogP contribution is 2.23. The molecule has 2 aromatic rings. The topological polar surface area (TPSA) is 88.6 Å². The van der Waals surface area contributed by atoms with Crippen molar-refractivity contribution >= 4 is 16.0 Å². The van der Waals surface area contributed by atoms with Crippen molar-refractivity contribution in [1.29, 1.82) is 0 Å². The van der Waals surface area contributed by atoms with Crippen LogP contribution in [0.3, 0.4) is 0 Å². The molecule has 2 atom stereocenters. The summed E-state index contributed by atoms with van der Waals surface area (Å²) in [5, 5.41) is 0. The van der Waals surface area contributed by atoms with Gasteiger partial charge in [0.2, 0.25) is 10.0 Å². The highest BCUT2D eigenvalue weighted by Gasteiger charge is 2.33. The number of nitrogens with one attached hydrogen (secondary N) is 1. The fourth-order valence-corrected chi connectivity index (χ4v) is 5.00. The molecule has 1 aromatic heterocycles. The number of carbonyl (C=O) groups excluding carboxylic acids is 1. The molecule has 0 amide bonds. The highest BCUT2D eigenvalue weighted by molar-refractivity contribution is 7.89. The summed E-state index contributed by atoms with van der Waals surface area (Å²) in [7, 11) is -2.18. The largest absolute Gasteiger partial charge is 0.469 e. The van der Waals surface area contributed by atoms with Crippen LogP contribution in [0.2, 0.25) is 0 Å². The summed E-state index contributed by atoms with van der Waals surface area (Å²) in [4.78, 5) is 18.0. The molecule has 1 N–H and O–H groups in total. The number of esters is 1. The Balaban J connectivity index is 1.65. The molecule has 2 heterocycles. The second kappa shape index (κ2) is 11.2. The third-order valence-electron chi connectivity index (χ3n) is 5.27. The number of methoxy groups -OCH3 is 1. The fourth-order valence-electron chi connectivity index (χ4n) is 3.73. The third-order valence-corrected chi connectivity index (χ3v) is 6.81. The molecule has 31 heavy (non-hydrogen) atoms. The minimum atomic E-state index is -3.57. The number of nitrogens with zero attached hydrogens (tertiary/aromatic N) is 2. The summed E-state index contributed by atoms with van der Waals surface area (Å²) in [5.74, 6) is -0.206. The van der Waals surface area contributed by atoms with E-state index in [1.807, 2.05) is 18.3 Å². The predicted octanol–water partition coefficient (Wildman–Crippen LogP) is 2.90. The van der Waals surface area contributed by atoms with E-state index in [1.165, 1.54) is 7.11 Å². The monoisotopic (exact) mass is 443 g/mol. The quantitative estimate of drug-likeness (QED) is 0.345. The third kappa shape index (κ3) is 6.99. The van der Waals surface area contributed by atoms with Crippen molar-refractivity contribution in [3.63, 3.8) is 0 Å². The number of hydrogen-bond donors (Lipinski definition) is 1. The lowest BCUT2D eigenvalue weighted by molar-refractivity contribution is -0.140. The summed E-state index contributed by atoms with van der Waals surface area (Å²) in [6, 6.07) is 12.3. The normalized spacial score (nSPS) is 19.6. The van der Waals surface area contributed by atoms with Crippen LogP contribution >= 0.6 is 0 Å². The molecule has 0 radical (unpaired) electrons. The molecule has 8 heteroatoms. The van der Waals surface area contributed by atoms with Crippen LogP contribution in [0.4, 0.5) is 0 Å². The summed E-state index contributed by atoms with van der Waals surface area (Å²) in [6.07, 6.45) is 10.3. The number of pyridine rings is 1. The summed E-state index contributed by atoms with van der Waals surface area (Å²) < 4.78 is 33.0. The van der Waals surface area contributed by atoms with Crippen LogP contribution in [0.5, 0.6) is 0 Å². The van der Waals surface area contributed by atoms with Gasteiger partial charge >= 0.3 is 5.97 Å². The van der Waals surface area contributed by atoms with Gasteiger partial charge in [-0.05, 0) is 43.0 Å². The molecule has 3 rings (SSSR count). The highest BCUT2D eigenvalue weighted by atomic mass is 32.2. The SMILES string of the molecule is COC(=O)CCCC=C[C@@H]1C[C@@H](NS(=O)(=O)c2ccccc2)CN1Cc1cccnc1. The minimum Gasteiger partial charge on any atom is -0.469 e. The van der Waals surface area contributed by atoms with Gasteiger partial charge in [0.05, 0.1) is 12.0 Å². The first kappa shape index (κ1) is 23.1. The van der Waals surface area contributed by atoms with Crippen LogP contribution < -0.4 is 4.72 Å². The van der Waals surface area contributed by atoms with E-state index in [0.29, 0.717) is 25.9 Å². The predicted molar refractivity (Wildman–Crippen MR) is 119 cm³/mol. The van der Waals surface area contributed by atoms with E-state index in [2.05, 4.69) is 31.5 Å². The molecular weight excluding hydrogens is 414 g/mol. The van der Waals surface area contributed by atoms with Crippen molar-refractivity contribution < 1.29 is 17.9 Å². The van der Waals surface area contributed by atoms with E-state index >= 15 is 0 Å². The molecule has 1 aromatic carbocycles. The first-order valence-corrected chi connectivity index (χ1v) is 11.9. The molecule has 1 saturated heterocycles. The number of unbranched alkanes of at least 4 members (excludes halogenated alkanes) is 1. The van der Waals surface area contributed by atoms with Gasteiger partial charge in [-0.15, -0.1) is 0 Å². The van der Waals surface area contributed by atoms with Crippen molar-refractivity contribution in [2.75, 3.05) is 13.7 Å². The summed E-state index contributed by atoms with van der Waals surface area (Å²) in [5.41, 5.74) is 1.08. The Morgan fingerprint density at radius 2 is 2.06 bits per heavy atom. The smallest absolute Gasteiger partial charge is 0.305 e. The lowest BCUT2D eigenvalue weighted by Crippen LogP contribution is -2.37. The number of aromatic nitrogens is 1. The number of carbonyl (C=O) groups is 1. The molecule has 0 saturated carbocycles. The molecular formula is C23H29N3O4S. The van der Waals surface area contributed by atoms with Crippen molar-refractivity contribution in [2.45, 2.75) is 49.2 Å². The van der Waals surface area contributed by atoms with Gasteiger partial charge in [0.15, 0.2) is 0 Å². The number of sulfonamides is 1. The molecule has 0 unspecified atom stereocenters. The molecule has 166 valence electrons. The number of hydrogen-bond acceptors (Lipinski definition) is 6. The molecule has 1 fully saturated rings. The Morgan fingerprint density at radius 1 is 1.26 bits per heavy atom. The Morgan fingerprint density at radius 3 is 2.77 bits per heavy atom. The first-order chi connectivity index (χ1) is 15.0. The van der Waals surface area contributed by atoms with Crippen LogP contribution in [0, 0.1) is 0 Å². The van der Waals surface area contributed by atoms with Crippen LogP contribution in [0.15, 0.2) is 71.9 Å². The average molecular weight is 444 g/mol. The number of ether oxygens (including phenoxy) is 1. The maximum atomic E-state index is 12.7.